The number of hydrogen-bond donors (Lipinski definition) is 6. The minimum Gasteiger partial charge on any atom is -0.353 e. The Morgan fingerprint density at radius 1 is 0.476 bits per heavy atom. The van der Waals surface area contributed by atoms with Gasteiger partial charge in [0.05, 0.1) is 38.3 Å². The molecule has 0 amide bonds. The molecule has 0 aliphatic heterocycles. The summed E-state index contributed by atoms with van der Waals surface area (Å²) in [5, 5.41) is 17.4. The van der Waals surface area contributed by atoms with Crippen LogP contribution in [0.25, 0.3) is 10.8 Å². The van der Waals surface area contributed by atoms with Crippen molar-refractivity contribution in [3.05, 3.63) is 120 Å². The zero-order chi connectivity index (χ0) is 46.0. The highest BCUT2D eigenvalue weighted by atomic mass is 32.2. The predicted molar refractivity (Wildman–Crippen MR) is 221 cm³/mol. The Labute approximate surface area is 358 Å². The van der Waals surface area contributed by atoms with Crippen molar-refractivity contribution in [2.45, 2.75) is 32.4 Å². The number of aromatic nitrogens is 3. The number of benzene rings is 5. The van der Waals surface area contributed by atoms with Crippen LogP contribution in [-0.4, -0.2) is 92.1 Å². The van der Waals surface area contributed by atoms with Crippen molar-refractivity contribution >= 4 is 90.1 Å². The average molecular weight is 963 g/mol. The summed E-state index contributed by atoms with van der Waals surface area (Å²) in [6.45, 7) is -0.329. The maximum atomic E-state index is 12.5. The van der Waals surface area contributed by atoms with Gasteiger partial charge in [-0.2, -0.15) is 72.5 Å². The van der Waals surface area contributed by atoms with Crippen molar-refractivity contribution in [2.24, 2.45) is 20.5 Å². The van der Waals surface area contributed by atoms with Crippen LogP contribution in [0.5, 0.6) is 0 Å². The van der Waals surface area contributed by atoms with Crippen LogP contribution in [0.2, 0.25) is 0 Å². The first-order valence-electron chi connectivity index (χ1n) is 17.4. The third-order valence-electron chi connectivity index (χ3n) is 8.47. The highest BCUT2D eigenvalue weighted by Crippen LogP contribution is 2.36. The van der Waals surface area contributed by atoms with Gasteiger partial charge < -0.3 is 5.32 Å². The van der Waals surface area contributed by atoms with E-state index in [4.69, 9.17) is 0 Å². The molecule has 23 nitrogen and oxygen atoms in total. The highest BCUT2D eigenvalue weighted by Gasteiger charge is 2.26. The Morgan fingerprint density at radius 3 is 1.57 bits per heavy atom. The number of rotatable bonds is 16. The molecule has 63 heavy (non-hydrogen) atoms. The third-order valence-corrected chi connectivity index (χ3v) is 12.7. The van der Waals surface area contributed by atoms with E-state index in [9.17, 15) is 64.9 Å². The first-order valence-corrected chi connectivity index (χ1v) is 24.7. The van der Waals surface area contributed by atoms with Crippen LogP contribution in [0.1, 0.15) is 22.8 Å². The molecule has 0 unspecified atom stereocenters. The molecule has 1 heterocycles. The molecule has 0 bridgehead atoms. The van der Waals surface area contributed by atoms with Gasteiger partial charge in [-0.15, -0.1) is 0 Å². The second-order valence-corrected chi connectivity index (χ2v) is 20.3. The first kappa shape index (κ1) is 46.4. The van der Waals surface area contributed by atoms with E-state index in [1.54, 1.807) is 42.5 Å². The second-order valence-electron chi connectivity index (χ2n) is 13.1. The van der Waals surface area contributed by atoms with Crippen LogP contribution in [0.4, 0.5) is 28.7 Å². The van der Waals surface area contributed by atoms with E-state index in [-0.39, 0.29) is 59.6 Å². The summed E-state index contributed by atoms with van der Waals surface area (Å²) < 4.78 is 169. The van der Waals surface area contributed by atoms with Crippen LogP contribution in [0.3, 0.4) is 0 Å². The van der Waals surface area contributed by atoms with Crippen LogP contribution >= 0.6 is 0 Å². The molecule has 5 aromatic carbocycles. The van der Waals surface area contributed by atoms with Crippen LogP contribution < -0.4 is 5.32 Å². The minimum atomic E-state index is -5.26. The lowest BCUT2D eigenvalue weighted by molar-refractivity contribution is 0.478. The van der Waals surface area contributed by atoms with E-state index in [2.05, 4.69) is 40.7 Å². The molecule has 0 radical (unpaired) electrons. The zero-order valence-electron chi connectivity index (χ0n) is 31.6. The van der Waals surface area contributed by atoms with Gasteiger partial charge in [0, 0.05) is 30.2 Å². The highest BCUT2D eigenvalue weighted by molar-refractivity contribution is 7.87. The Balaban J connectivity index is 1.30. The summed E-state index contributed by atoms with van der Waals surface area (Å²) in [4.78, 5) is 9.22. The van der Waals surface area contributed by atoms with Crippen molar-refractivity contribution in [3.63, 3.8) is 0 Å². The molecule has 6 rings (SSSR count). The Morgan fingerprint density at radius 2 is 0.984 bits per heavy atom. The van der Waals surface area contributed by atoms with Gasteiger partial charge in [0.15, 0.2) is 0 Å². The Bertz CT molecular complexity index is 3390. The number of fused-ring (bicyclic) bond motifs is 1. The summed E-state index contributed by atoms with van der Waals surface area (Å²) in [5.41, 5.74) is 0.940. The maximum absolute atomic E-state index is 12.5. The van der Waals surface area contributed by atoms with Gasteiger partial charge in [0.25, 0.3) is 50.6 Å². The third kappa shape index (κ3) is 12.5. The normalized spacial score (nSPS) is 13.0. The van der Waals surface area contributed by atoms with Gasteiger partial charge in [-0.25, -0.2) is 4.98 Å². The molecular weight excluding hydrogens is 933 g/mol. The quantitative estimate of drug-likeness (QED) is 0.0527. The van der Waals surface area contributed by atoms with E-state index < -0.39 is 86.7 Å². The molecule has 330 valence electrons. The second kappa shape index (κ2) is 18.0. The summed E-state index contributed by atoms with van der Waals surface area (Å²) in [6.07, 6.45) is -0.301. The van der Waals surface area contributed by atoms with Crippen molar-refractivity contribution < 1.29 is 64.9 Å². The fourth-order valence-electron chi connectivity index (χ4n) is 5.74. The Hall–Kier alpha value is -6.08. The van der Waals surface area contributed by atoms with Crippen molar-refractivity contribution in [1.82, 2.24) is 15.0 Å². The molecule has 6 N–H and O–H groups in total. The molecule has 0 aliphatic carbocycles. The van der Waals surface area contributed by atoms with Gasteiger partial charge in [-0.1, -0.05) is 36.4 Å². The van der Waals surface area contributed by atoms with Crippen molar-refractivity contribution in [2.75, 3.05) is 17.6 Å². The van der Waals surface area contributed by atoms with Gasteiger partial charge in [0.2, 0.25) is 5.95 Å². The molecule has 0 spiro atoms. The first-order chi connectivity index (χ1) is 29.3. The molecule has 6 aromatic rings. The van der Waals surface area contributed by atoms with E-state index in [1.807, 2.05) is 0 Å². The van der Waals surface area contributed by atoms with Gasteiger partial charge in [0.1, 0.15) is 21.4 Å². The number of anilines is 1. The fourth-order valence-corrected chi connectivity index (χ4v) is 8.89. The molecular formula is C35H30N8O15S5. The lowest BCUT2D eigenvalue weighted by Gasteiger charge is -2.11. The van der Waals surface area contributed by atoms with E-state index in [1.165, 1.54) is 24.3 Å². The SMILES string of the molecule is O=S(=O)(O)CCNc1nc(Cc2ccc(N=Nc3cc(S(=O)(=O)O)c4cc(S(=O)(=O)O)cc(S(=O)(=O)O)c4c3)cc2)nc(Cc2ccc(N=Nc3ccccc3)cc2S(=O)(=O)O)n1. The van der Waals surface area contributed by atoms with Crippen LogP contribution in [0.15, 0.2) is 137 Å². The molecule has 0 saturated heterocycles. The summed E-state index contributed by atoms with van der Waals surface area (Å²) in [5.74, 6) is -0.782. The lowest BCUT2D eigenvalue weighted by Crippen LogP contribution is -2.18. The van der Waals surface area contributed by atoms with Crippen LogP contribution in [-0.2, 0) is 63.4 Å². The Kier molecular flexibility index (Phi) is 13.2. The summed E-state index contributed by atoms with van der Waals surface area (Å²) in [6, 6.07) is 21.1. The molecule has 0 aliphatic rings. The van der Waals surface area contributed by atoms with Crippen molar-refractivity contribution in [3.8, 4) is 0 Å². The van der Waals surface area contributed by atoms with Gasteiger partial charge in [-0.3, -0.25) is 22.8 Å². The number of nitrogens with zero attached hydrogens (tertiary/aromatic N) is 7. The van der Waals surface area contributed by atoms with E-state index in [0.29, 0.717) is 23.4 Å². The monoisotopic (exact) mass is 962 g/mol. The predicted octanol–water partition coefficient (Wildman–Crippen LogP) is 5.32. The fraction of sp³-hybridized carbons (Fsp3) is 0.114. The summed E-state index contributed by atoms with van der Waals surface area (Å²) in [7, 11) is -24.8. The minimum absolute atomic E-state index is 0.0176. The molecule has 0 atom stereocenters. The summed E-state index contributed by atoms with van der Waals surface area (Å²) >= 11 is 0. The standard InChI is InChI=1S/C35H30N8O15S5/c44-59(45,46)13-12-36-35-38-33(37-34(39-35)15-22-8-11-25(17-30(22)61(50,51)52)42-40-23-4-2-1-3-5-23)14-21-6-9-24(10-7-21)41-43-26-16-28-29(31(18-26)62(53,54)55)19-27(60(47,48)49)20-32(28)63(56,57)58/h1-11,16-20H,12-15H2,(H,44,45,46)(H,47,48,49)(H,50,51,52)(H,53,54,55)(H,56,57,58)(H,36,37,38,39). The number of azo groups is 2. The van der Waals surface area contributed by atoms with Gasteiger partial charge >= 0.3 is 0 Å². The lowest BCUT2D eigenvalue weighted by atomic mass is 10.1. The van der Waals surface area contributed by atoms with E-state index in [0.717, 1.165) is 18.2 Å². The largest absolute Gasteiger partial charge is 0.353 e. The molecule has 28 heteroatoms. The number of nitrogens with one attached hydrogen (secondary N) is 1. The molecule has 0 fully saturated rings. The molecule has 1 aromatic heterocycles. The van der Waals surface area contributed by atoms with Crippen LogP contribution in [0, 0.1) is 0 Å². The average Bonchev–Trinajstić information content (AvgIpc) is 3.18. The zero-order valence-corrected chi connectivity index (χ0v) is 35.6. The van der Waals surface area contributed by atoms with Crippen molar-refractivity contribution in [1.29, 1.82) is 0 Å². The maximum Gasteiger partial charge on any atom is 0.295 e. The van der Waals surface area contributed by atoms with E-state index >= 15 is 0 Å². The smallest absolute Gasteiger partial charge is 0.295 e. The number of hydrogen-bond acceptors (Lipinski definition) is 18. The van der Waals surface area contributed by atoms with Gasteiger partial charge in [-0.05, 0) is 71.8 Å². The molecule has 0 saturated carbocycles. The topological polar surface area (TPSA) is 372 Å².